The first-order valence-electron chi connectivity index (χ1n) is 15.3. The number of carbonyl (C=O) groups is 1. The summed E-state index contributed by atoms with van der Waals surface area (Å²) in [6, 6.07) is 12.2. The number of likely N-dealkylation sites (tertiary alicyclic amines) is 1. The van der Waals surface area contributed by atoms with Crippen molar-refractivity contribution >= 4 is 5.91 Å². The van der Waals surface area contributed by atoms with E-state index < -0.39 is 41.8 Å². The number of hydrogen-bond donors (Lipinski definition) is 1. The predicted octanol–water partition coefficient (Wildman–Crippen LogP) is 5.40. The van der Waals surface area contributed by atoms with Gasteiger partial charge in [-0.2, -0.15) is 0 Å². The Morgan fingerprint density at radius 2 is 1.93 bits per heavy atom. The summed E-state index contributed by atoms with van der Waals surface area (Å²) in [6.45, 7) is 8.00. The maximum atomic E-state index is 15.5. The number of benzene rings is 2. The van der Waals surface area contributed by atoms with Crippen molar-refractivity contribution in [1.82, 2.24) is 19.4 Å². The number of alkyl halides is 1. The quantitative estimate of drug-likeness (QED) is 0.278. The maximum Gasteiger partial charge on any atom is 0.251 e. The van der Waals surface area contributed by atoms with Gasteiger partial charge in [-0.25, -0.2) is 18.2 Å². The van der Waals surface area contributed by atoms with Crippen molar-refractivity contribution in [2.24, 2.45) is 11.8 Å². The van der Waals surface area contributed by atoms with E-state index in [0.717, 1.165) is 30.2 Å². The zero-order valence-electron chi connectivity index (χ0n) is 25.1. The molecule has 5 rings (SSSR count). The first kappa shape index (κ1) is 31.9. The highest BCUT2D eigenvalue weighted by atomic mass is 19.1. The molecule has 1 N–H and O–H groups in total. The van der Waals surface area contributed by atoms with E-state index in [2.05, 4.69) is 6.58 Å². The van der Waals surface area contributed by atoms with Crippen molar-refractivity contribution in [1.29, 1.82) is 0 Å². The van der Waals surface area contributed by atoms with Crippen LogP contribution in [0.5, 0.6) is 0 Å². The number of rotatable bonds is 12. The van der Waals surface area contributed by atoms with E-state index >= 15 is 8.78 Å². The molecule has 0 saturated carbocycles. The van der Waals surface area contributed by atoms with Crippen LogP contribution in [0, 0.1) is 23.5 Å². The van der Waals surface area contributed by atoms with E-state index in [1.165, 1.54) is 6.92 Å². The third-order valence-electron chi connectivity index (χ3n) is 8.68. The number of amides is 1. The van der Waals surface area contributed by atoms with Gasteiger partial charge in [-0.3, -0.25) is 9.69 Å². The third kappa shape index (κ3) is 7.42. The van der Waals surface area contributed by atoms with Crippen LogP contribution in [0.3, 0.4) is 0 Å². The maximum absolute atomic E-state index is 15.5. The van der Waals surface area contributed by atoms with Crippen LogP contribution in [-0.4, -0.2) is 82.0 Å². The zero-order valence-corrected chi connectivity index (χ0v) is 25.1. The van der Waals surface area contributed by atoms with Gasteiger partial charge >= 0.3 is 0 Å². The molecule has 1 aromatic heterocycles. The van der Waals surface area contributed by atoms with Crippen molar-refractivity contribution in [3.05, 3.63) is 90.4 Å². The second-order valence-corrected chi connectivity index (χ2v) is 11.9. The third-order valence-corrected chi connectivity index (χ3v) is 8.68. The summed E-state index contributed by atoms with van der Waals surface area (Å²) < 4.78 is 52.3. The number of carbonyl (C=O) groups excluding carboxylic acids is 1. The Kier molecular flexibility index (Phi) is 10.6. The van der Waals surface area contributed by atoms with Crippen LogP contribution >= 0.6 is 0 Å². The molecular weight excluding hydrogens is 569 g/mol. The lowest BCUT2D eigenvalue weighted by Crippen LogP contribution is -2.48. The Morgan fingerprint density at radius 3 is 2.64 bits per heavy atom. The summed E-state index contributed by atoms with van der Waals surface area (Å²) in [7, 11) is 0. The van der Waals surface area contributed by atoms with Gasteiger partial charge in [0.1, 0.15) is 29.7 Å². The zero-order chi connectivity index (χ0) is 31.2. The number of aliphatic hydroxyl groups excluding tert-OH is 1. The van der Waals surface area contributed by atoms with Crippen molar-refractivity contribution in [3.8, 4) is 11.3 Å². The average Bonchev–Trinajstić information content (AvgIpc) is 3.59. The molecule has 0 aliphatic carbocycles. The van der Waals surface area contributed by atoms with Crippen molar-refractivity contribution in [2.45, 2.75) is 51.0 Å². The first-order chi connectivity index (χ1) is 21.2. The van der Waals surface area contributed by atoms with Gasteiger partial charge in [0, 0.05) is 63.6 Å². The summed E-state index contributed by atoms with van der Waals surface area (Å²) in [6.07, 6.45) is 2.97. The Balaban J connectivity index is 1.61. The Labute approximate surface area is 257 Å². The number of hydrogen-bond acceptors (Lipinski definition) is 5. The van der Waals surface area contributed by atoms with Crippen LogP contribution in [-0.2, 0) is 16.1 Å². The van der Waals surface area contributed by atoms with Crippen LogP contribution in [0.2, 0.25) is 0 Å². The second-order valence-electron chi connectivity index (χ2n) is 11.9. The molecule has 0 bridgehead atoms. The summed E-state index contributed by atoms with van der Waals surface area (Å²) in [4.78, 5) is 22.4. The molecule has 4 unspecified atom stereocenters. The van der Waals surface area contributed by atoms with E-state index in [0.29, 0.717) is 51.5 Å². The van der Waals surface area contributed by atoms with E-state index in [-0.39, 0.29) is 30.3 Å². The van der Waals surface area contributed by atoms with Crippen molar-refractivity contribution in [2.75, 3.05) is 39.4 Å². The van der Waals surface area contributed by atoms with Crippen LogP contribution in [0.1, 0.15) is 43.6 Å². The topological polar surface area (TPSA) is 70.8 Å². The molecule has 1 amide bonds. The molecular formula is C34H41F3N4O3. The molecule has 236 valence electrons. The highest BCUT2D eigenvalue weighted by Gasteiger charge is 2.42. The van der Waals surface area contributed by atoms with Gasteiger partial charge in [0.25, 0.3) is 5.91 Å². The fourth-order valence-corrected chi connectivity index (χ4v) is 6.41. The lowest BCUT2D eigenvalue weighted by Gasteiger charge is -2.40. The molecule has 3 heterocycles. The van der Waals surface area contributed by atoms with Crippen molar-refractivity contribution in [3.63, 3.8) is 0 Å². The predicted molar refractivity (Wildman–Crippen MR) is 162 cm³/mol. The lowest BCUT2D eigenvalue weighted by molar-refractivity contribution is -0.145. The van der Waals surface area contributed by atoms with Gasteiger partial charge in [-0.15, -0.1) is 6.58 Å². The van der Waals surface area contributed by atoms with Crippen LogP contribution in [0.25, 0.3) is 11.3 Å². The molecule has 2 fully saturated rings. The molecule has 4 atom stereocenters. The molecule has 3 aromatic rings. The van der Waals surface area contributed by atoms with Gasteiger partial charge in [-0.05, 0) is 55.9 Å². The van der Waals surface area contributed by atoms with E-state index in [1.807, 2.05) is 39.8 Å². The van der Waals surface area contributed by atoms with Gasteiger partial charge in [0.15, 0.2) is 0 Å². The standard InChI is InChI=1S/C34H41F3N4O3/c1-3-4-14-39-19-26(30(37)21-39)20-41(34(43)23(2)42)32(25-12-15-44-16-13-25)33-38-31(28-17-27(35)10-11-29(28)36)22-40(33)18-24-8-6-5-7-9-24/h3,5-11,17,22-23,25-26,30,32,42H,1,4,12-16,18-21H2,2H3. The summed E-state index contributed by atoms with van der Waals surface area (Å²) in [5, 5.41) is 10.6. The van der Waals surface area contributed by atoms with E-state index in [4.69, 9.17) is 9.72 Å². The monoisotopic (exact) mass is 610 g/mol. The molecule has 0 spiro atoms. The smallest absolute Gasteiger partial charge is 0.251 e. The summed E-state index contributed by atoms with van der Waals surface area (Å²) in [5.74, 6) is -1.85. The largest absolute Gasteiger partial charge is 0.384 e. The number of ether oxygens (including phenoxy) is 1. The van der Waals surface area contributed by atoms with Gasteiger partial charge in [0.2, 0.25) is 0 Å². The molecule has 2 aromatic carbocycles. The number of aliphatic hydroxyl groups is 1. The molecule has 2 aliphatic rings. The van der Waals surface area contributed by atoms with Crippen molar-refractivity contribution < 1.29 is 27.8 Å². The Hall–Kier alpha value is -3.47. The minimum Gasteiger partial charge on any atom is -0.384 e. The number of nitrogens with zero attached hydrogens (tertiary/aromatic N) is 4. The highest BCUT2D eigenvalue weighted by molar-refractivity contribution is 5.80. The lowest BCUT2D eigenvalue weighted by atomic mass is 9.88. The molecule has 10 heteroatoms. The van der Waals surface area contributed by atoms with Gasteiger partial charge < -0.3 is 19.3 Å². The molecule has 0 radical (unpaired) electrons. The Bertz CT molecular complexity index is 1410. The molecule has 44 heavy (non-hydrogen) atoms. The van der Waals surface area contributed by atoms with Crippen LogP contribution in [0.4, 0.5) is 13.2 Å². The average molecular weight is 611 g/mol. The van der Waals surface area contributed by atoms with Crippen LogP contribution in [0.15, 0.2) is 67.4 Å². The fraction of sp³-hybridized carbons (Fsp3) is 0.471. The van der Waals surface area contributed by atoms with E-state index in [1.54, 1.807) is 17.2 Å². The van der Waals surface area contributed by atoms with Crippen LogP contribution < -0.4 is 0 Å². The second kappa shape index (κ2) is 14.5. The first-order valence-corrected chi connectivity index (χ1v) is 15.3. The molecule has 2 saturated heterocycles. The summed E-state index contributed by atoms with van der Waals surface area (Å²) in [5.41, 5.74) is 1.19. The molecule has 2 aliphatic heterocycles. The van der Waals surface area contributed by atoms with Gasteiger partial charge in [0.05, 0.1) is 11.7 Å². The fourth-order valence-electron chi connectivity index (χ4n) is 6.41. The number of halogens is 3. The Morgan fingerprint density at radius 1 is 1.18 bits per heavy atom. The summed E-state index contributed by atoms with van der Waals surface area (Å²) >= 11 is 0. The SMILES string of the molecule is C=CCCN1CC(F)C(CN(C(=O)C(C)O)C(c2nc(-c3cc(F)ccc3F)cn2Cc2ccccc2)C2CCOCC2)C1. The normalized spacial score (nSPS) is 20.8. The molecule has 7 nitrogen and oxygen atoms in total. The minimum atomic E-state index is -1.33. The minimum absolute atomic E-state index is 0.00895. The van der Waals surface area contributed by atoms with Gasteiger partial charge in [-0.1, -0.05) is 36.4 Å². The highest BCUT2D eigenvalue weighted by Crippen LogP contribution is 2.38. The van der Waals surface area contributed by atoms with E-state index in [9.17, 15) is 14.3 Å². The number of aromatic nitrogens is 2. The number of imidazole rings is 1.